The van der Waals surface area contributed by atoms with Gasteiger partial charge in [-0.2, -0.15) is 10.2 Å². The Morgan fingerprint density at radius 3 is 2.95 bits per heavy atom. The lowest BCUT2D eigenvalue weighted by Gasteiger charge is -2.16. The molecular weight excluding hydrogens is 304 g/mol. The highest BCUT2D eigenvalue weighted by Crippen LogP contribution is 2.40. The van der Waals surface area contributed by atoms with Crippen LogP contribution in [0.25, 0.3) is 0 Å². The van der Waals surface area contributed by atoms with Crippen molar-refractivity contribution in [1.29, 1.82) is 0 Å². The standard InChI is InChI=1S/C14H15N6O.ClH/c1-18-8-12(5-16-18)19-6-9-2-11(15)3-13-14(9)10(4-17-19)7-20(13)21;/h2-5,8,10H,6-7,15H2,1H3;1H/q+1;. The molecule has 7 nitrogen and oxygen atoms in total. The van der Waals surface area contributed by atoms with Crippen molar-refractivity contribution in [3.63, 3.8) is 0 Å². The van der Waals surface area contributed by atoms with Gasteiger partial charge in [0.2, 0.25) is 6.54 Å². The minimum Gasteiger partial charge on any atom is -0.399 e. The fourth-order valence-corrected chi connectivity index (χ4v) is 3.04. The van der Waals surface area contributed by atoms with Gasteiger partial charge in [-0.3, -0.25) is 9.69 Å². The van der Waals surface area contributed by atoms with Gasteiger partial charge in [0.15, 0.2) is 0 Å². The Labute approximate surface area is 133 Å². The number of aryl methyl sites for hydroxylation is 1. The maximum absolute atomic E-state index is 12.0. The Morgan fingerprint density at radius 1 is 1.41 bits per heavy atom. The molecule has 8 heteroatoms. The summed E-state index contributed by atoms with van der Waals surface area (Å²) >= 11 is 0. The van der Waals surface area contributed by atoms with Crippen molar-refractivity contribution in [3.05, 3.63) is 40.6 Å². The summed E-state index contributed by atoms with van der Waals surface area (Å²) in [5.41, 5.74) is 10.2. The van der Waals surface area contributed by atoms with E-state index in [0.29, 0.717) is 24.5 Å². The first-order valence-electron chi connectivity index (χ1n) is 6.79. The minimum atomic E-state index is 0. The summed E-state index contributed by atoms with van der Waals surface area (Å²) in [6, 6.07) is 3.68. The molecule has 114 valence electrons. The molecule has 0 saturated heterocycles. The lowest BCUT2D eigenvalue weighted by atomic mass is 9.96. The zero-order chi connectivity index (χ0) is 14.6. The number of nitroso groups, excluding NO2 is 1. The van der Waals surface area contributed by atoms with Crippen LogP contribution in [-0.4, -0.2) is 27.3 Å². The van der Waals surface area contributed by atoms with E-state index in [4.69, 9.17) is 5.73 Å². The molecule has 4 rings (SSSR count). The molecule has 0 amide bonds. The smallest absolute Gasteiger partial charge is 0.262 e. The average Bonchev–Trinajstić information content (AvgIpc) is 2.94. The zero-order valence-electron chi connectivity index (χ0n) is 12.0. The molecule has 2 aromatic rings. The van der Waals surface area contributed by atoms with Crippen molar-refractivity contribution in [3.8, 4) is 0 Å². The van der Waals surface area contributed by atoms with Crippen LogP contribution in [0.4, 0.5) is 17.1 Å². The number of hydrogen-bond acceptors (Lipinski definition) is 5. The molecule has 3 heterocycles. The maximum atomic E-state index is 12.0. The number of nitrogens with zero attached hydrogens (tertiary/aromatic N) is 5. The third kappa shape index (κ3) is 2.14. The lowest BCUT2D eigenvalue weighted by molar-refractivity contribution is -0.452. The Balaban J connectivity index is 0.00000144. The van der Waals surface area contributed by atoms with Crippen LogP contribution in [0.5, 0.6) is 0 Å². The van der Waals surface area contributed by atoms with Gasteiger partial charge in [0.1, 0.15) is 0 Å². The van der Waals surface area contributed by atoms with Crippen LogP contribution < -0.4 is 10.7 Å². The van der Waals surface area contributed by atoms with E-state index < -0.39 is 0 Å². The monoisotopic (exact) mass is 319 g/mol. The van der Waals surface area contributed by atoms with Crippen LogP contribution in [0, 0.1) is 4.91 Å². The zero-order valence-corrected chi connectivity index (χ0v) is 12.8. The van der Waals surface area contributed by atoms with Gasteiger partial charge in [-0.15, -0.1) is 12.4 Å². The van der Waals surface area contributed by atoms with Gasteiger partial charge in [-0.05, 0) is 11.6 Å². The summed E-state index contributed by atoms with van der Waals surface area (Å²) in [7, 11) is 1.87. The van der Waals surface area contributed by atoms with Crippen molar-refractivity contribution in [2.24, 2.45) is 12.1 Å². The van der Waals surface area contributed by atoms with E-state index in [0.717, 1.165) is 21.6 Å². The van der Waals surface area contributed by atoms with E-state index in [9.17, 15) is 4.91 Å². The van der Waals surface area contributed by atoms with Crippen molar-refractivity contribution in [2.45, 2.75) is 12.5 Å². The summed E-state index contributed by atoms with van der Waals surface area (Å²) in [4.78, 5) is 12.0. The summed E-state index contributed by atoms with van der Waals surface area (Å²) < 4.78 is 2.75. The van der Waals surface area contributed by atoms with Crippen LogP contribution in [-0.2, 0) is 13.6 Å². The summed E-state index contributed by atoms with van der Waals surface area (Å²) in [6.45, 7) is 0.982. The number of nitrogen functional groups attached to an aromatic ring is 1. The van der Waals surface area contributed by atoms with Gasteiger partial charge in [-0.25, -0.2) is 0 Å². The highest BCUT2D eigenvalue weighted by Gasteiger charge is 2.40. The second kappa shape index (κ2) is 5.10. The number of halogens is 1. The van der Waals surface area contributed by atoms with E-state index in [1.165, 1.54) is 0 Å². The molecule has 1 aromatic carbocycles. The van der Waals surface area contributed by atoms with Crippen LogP contribution in [0.3, 0.4) is 0 Å². The van der Waals surface area contributed by atoms with Crippen LogP contribution in [0.2, 0.25) is 0 Å². The predicted octanol–water partition coefficient (Wildman–Crippen LogP) is 1.94. The van der Waals surface area contributed by atoms with Crippen molar-refractivity contribution >= 4 is 35.7 Å². The number of hydrazone groups is 1. The molecule has 0 saturated carbocycles. The Morgan fingerprint density at radius 2 is 2.23 bits per heavy atom. The summed E-state index contributed by atoms with van der Waals surface area (Å²) in [6.07, 6.45) is 5.53. The quantitative estimate of drug-likeness (QED) is 0.643. The largest absolute Gasteiger partial charge is 0.399 e. The van der Waals surface area contributed by atoms with Crippen molar-refractivity contribution in [2.75, 3.05) is 17.3 Å². The molecule has 0 radical (unpaired) electrons. The molecular formula is C14H16ClN6O+. The third-order valence-electron chi connectivity index (χ3n) is 3.96. The molecule has 2 N–H and O–H groups in total. The number of benzene rings is 1. The Kier molecular flexibility index (Phi) is 3.37. The molecule has 0 bridgehead atoms. The van der Waals surface area contributed by atoms with Gasteiger partial charge >= 0.3 is 0 Å². The van der Waals surface area contributed by atoms with E-state index in [-0.39, 0.29) is 18.3 Å². The summed E-state index contributed by atoms with van der Waals surface area (Å²) in [5.74, 6) is 0.0229. The first kappa shape index (κ1) is 14.5. The molecule has 0 fully saturated rings. The molecule has 1 atom stereocenters. The second-order valence-electron chi connectivity index (χ2n) is 5.47. The Bertz CT molecular complexity index is 784. The van der Waals surface area contributed by atoms with E-state index >= 15 is 0 Å². The molecule has 1 unspecified atom stereocenters. The first-order chi connectivity index (χ1) is 10.1. The Hall–Kier alpha value is -2.41. The third-order valence-corrected chi connectivity index (χ3v) is 3.96. The number of rotatable bonds is 1. The number of anilines is 2. The number of aromatic nitrogens is 2. The van der Waals surface area contributed by atoms with Gasteiger partial charge < -0.3 is 5.73 Å². The van der Waals surface area contributed by atoms with Crippen LogP contribution >= 0.6 is 12.4 Å². The molecule has 0 aliphatic carbocycles. The highest BCUT2D eigenvalue weighted by atomic mass is 35.5. The number of nitrogens with two attached hydrogens (primary N) is 1. The van der Waals surface area contributed by atoms with Crippen molar-refractivity contribution < 1.29 is 4.76 Å². The van der Waals surface area contributed by atoms with Crippen LogP contribution in [0.1, 0.15) is 17.0 Å². The van der Waals surface area contributed by atoms with E-state index in [1.807, 2.05) is 30.5 Å². The van der Waals surface area contributed by atoms with E-state index in [1.54, 1.807) is 16.9 Å². The van der Waals surface area contributed by atoms with Gasteiger partial charge in [0.25, 0.3) is 5.69 Å². The molecule has 22 heavy (non-hydrogen) atoms. The minimum absolute atomic E-state index is 0. The maximum Gasteiger partial charge on any atom is 0.262 e. The average molecular weight is 320 g/mol. The fourth-order valence-electron chi connectivity index (χ4n) is 3.04. The fraction of sp³-hybridized carbons (Fsp3) is 0.286. The SMILES string of the molecule is Cl.Cn1cc(N2Cc3cc(N)cc4c3C(C=N2)C[N+]4=O)cn1. The normalized spacial score (nSPS) is 18.9. The molecule has 0 spiro atoms. The molecule has 1 aromatic heterocycles. The predicted molar refractivity (Wildman–Crippen MR) is 86.9 cm³/mol. The number of hydrogen-bond donors (Lipinski definition) is 1. The van der Waals surface area contributed by atoms with Gasteiger partial charge in [-0.1, -0.05) is 0 Å². The highest BCUT2D eigenvalue weighted by molar-refractivity contribution is 5.85. The molecule has 2 aliphatic heterocycles. The molecule has 2 aliphatic rings. The second-order valence-corrected chi connectivity index (χ2v) is 5.47. The van der Waals surface area contributed by atoms with Crippen molar-refractivity contribution in [1.82, 2.24) is 9.78 Å². The van der Waals surface area contributed by atoms with Gasteiger partial charge in [0.05, 0.1) is 24.3 Å². The van der Waals surface area contributed by atoms with E-state index in [2.05, 4.69) is 10.2 Å². The van der Waals surface area contributed by atoms with Crippen LogP contribution in [0.15, 0.2) is 29.6 Å². The van der Waals surface area contributed by atoms with Gasteiger partial charge in [0, 0.05) is 46.4 Å². The summed E-state index contributed by atoms with van der Waals surface area (Å²) in [5, 5.41) is 10.6. The topological polar surface area (TPSA) is 79.5 Å². The first-order valence-corrected chi connectivity index (χ1v) is 6.79. The lowest BCUT2D eigenvalue weighted by Crippen LogP contribution is -2.15.